The van der Waals surface area contributed by atoms with Crippen LogP contribution >= 0.6 is 0 Å². The van der Waals surface area contributed by atoms with Gasteiger partial charge in [-0.15, -0.1) is 0 Å². The minimum Gasteiger partial charge on any atom is -0.461 e. The molecule has 3 nitrogen and oxygen atoms in total. The summed E-state index contributed by atoms with van der Waals surface area (Å²) >= 11 is 0. The zero-order valence-electron chi connectivity index (χ0n) is 5.63. The molecule has 0 rings (SSSR count). The Hall–Kier alpha value is -0.900. The van der Waals surface area contributed by atoms with Crippen LogP contribution in [0.2, 0.25) is 0 Å². The lowest BCUT2D eigenvalue weighted by Crippen LogP contribution is -2.04. The lowest BCUT2D eigenvalue weighted by molar-refractivity contribution is -0.140. The van der Waals surface area contributed by atoms with E-state index in [1.54, 1.807) is 6.92 Å². The number of rotatable bonds is 3. The normalized spacial score (nSPS) is 11.3. The van der Waals surface area contributed by atoms with Crippen LogP contribution in [0.5, 0.6) is 0 Å². The molecule has 0 saturated heterocycles. The van der Waals surface area contributed by atoms with Gasteiger partial charge in [0.1, 0.15) is 0 Å². The molecule has 0 saturated carbocycles. The standard InChI is InChI=1S/C6H9FO3/c1-2-10-6(9)5(7)3-4-8/h3,8H,2,4H2,1H3/b5-3-. The minimum absolute atomic E-state index is 0.130. The molecule has 0 bridgehead atoms. The lowest BCUT2D eigenvalue weighted by atomic mass is 10.5. The molecule has 0 aliphatic heterocycles. The zero-order chi connectivity index (χ0) is 7.98. The summed E-state index contributed by atoms with van der Waals surface area (Å²) in [6.07, 6.45) is 0.748. The maximum atomic E-state index is 12.2. The van der Waals surface area contributed by atoms with Gasteiger partial charge in [-0.2, -0.15) is 4.39 Å². The van der Waals surface area contributed by atoms with Crippen molar-refractivity contribution < 1.29 is 19.0 Å². The van der Waals surface area contributed by atoms with E-state index in [1.165, 1.54) is 0 Å². The first-order valence-electron chi connectivity index (χ1n) is 2.86. The van der Waals surface area contributed by atoms with E-state index >= 15 is 0 Å². The summed E-state index contributed by atoms with van der Waals surface area (Å²) in [5.41, 5.74) is 0. The van der Waals surface area contributed by atoms with Crippen LogP contribution in [0.3, 0.4) is 0 Å². The highest BCUT2D eigenvalue weighted by Gasteiger charge is 2.06. The Kier molecular flexibility index (Phi) is 4.49. The van der Waals surface area contributed by atoms with Gasteiger partial charge in [-0.3, -0.25) is 0 Å². The van der Waals surface area contributed by atoms with E-state index in [9.17, 15) is 9.18 Å². The van der Waals surface area contributed by atoms with Gasteiger partial charge >= 0.3 is 5.97 Å². The van der Waals surface area contributed by atoms with Gasteiger partial charge in [0.25, 0.3) is 0 Å². The van der Waals surface area contributed by atoms with Crippen molar-refractivity contribution in [1.29, 1.82) is 0 Å². The highest BCUT2D eigenvalue weighted by molar-refractivity contribution is 5.85. The predicted molar refractivity (Wildman–Crippen MR) is 32.9 cm³/mol. The fourth-order valence-electron chi connectivity index (χ4n) is 0.364. The molecule has 0 aromatic carbocycles. The van der Waals surface area contributed by atoms with Gasteiger partial charge in [-0.05, 0) is 13.0 Å². The van der Waals surface area contributed by atoms with E-state index in [0.717, 1.165) is 6.08 Å². The Morgan fingerprint density at radius 3 is 2.80 bits per heavy atom. The monoisotopic (exact) mass is 148 g/mol. The third kappa shape index (κ3) is 3.19. The molecular weight excluding hydrogens is 139 g/mol. The first kappa shape index (κ1) is 9.10. The molecule has 0 heterocycles. The Morgan fingerprint density at radius 2 is 2.40 bits per heavy atom. The number of ether oxygens (including phenoxy) is 1. The first-order chi connectivity index (χ1) is 4.72. The summed E-state index contributed by atoms with van der Waals surface area (Å²) in [5.74, 6) is -2.08. The van der Waals surface area contributed by atoms with Crippen molar-refractivity contribution in [1.82, 2.24) is 0 Å². The number of esters is 1. The molecule has 1 N–H and O–H groups in total. The quantitative estimate of drug-likeness (QED) is 0.465. The lowest BCUT2D eigenvalue weighted by Gasteiger charge is -1.96. The number of aliphatic hydroxyl groups excluding tert-OH is 1. The van der Waals surface area contributed by atoms with Crippen LogP contribution in [0.15, 0.2) is 11.9 Å². The van der Waals surface area contributed by atoms with Gasteiger partial charge in [-0.1, -0.05) is 0 Å². The average molecular weight is 148 g/mol. The Balaban J connectivity index is 3.82. The van der Waals surface area contributed by atoms with Gasteiger partial charge in [0, 0.05) is 0 Å². The first-order valence-corrected chi connectivity index (χ1v) is 2.86. The van der Waals surface area contributed by atoms with Crippen molar-refractivity contribution in [2.45, 2.75) is 6.92 Å². The summed E-state index contributed by atoms with van der Waals surface area (Å²) in [6, 6.07) is 0. The fraction of sp³-hybridized carbons (Fsp3) is 0.500. The topological polar surface area (TPSA) is 46.5 Å². The molecule has 58 valence electrons. The zero-order valence-corrected chi connectivity index (χ0v) is 5.63. The summed E-state index contributed by atoms with van der Waals surface area (Å²) in [5, 5.41) is 8.13. The van der Waals surface area contributed by atoms with Gasteiger partial charge in [0.15, 0.2) is 0 Å². The molecule has 0 atom stereocenters. The average Bonchev–Trinajstić information content (AvgIpc) is 1.89. The van der Waals surface area contributed by atoms with E-state index in [0.29, 0.717) is 0 Å². The Bertz CT molecular complexity index is 142. The summed E-state index contributed by atoms with van der Waals surface area (Å²) in [7, 11) is 0. The molecule has 0 aromatic rings. The van der Waals surface area contributed by atoms with E-state index in [1.807, 2.05) is 0 Å². The number of carbonyl (C=O) groups excluding carboxylic acids is 1. The molecule has 0 unspecified atom stereocenters. The minimum atomic E-state index is -1.05. The number of hydrogen-bond donors (Lipinski definition) is 1. The van der Waals surface area contributed by atoms with Crippen molar-refractivity contribution in [3.8, 4) is 0 Å². The third-order valence-corrected chi connectivity index (χ3v) is 0.741. The van der Waals surface area contributed by atoms with Gasteiger partial charge in [0.05, 0.1) is 13.2 Å². The maximum Gasteiger partial charge on any atom is 0.366 e. The van der Waals surface area contributed by atoms with Crippen molar-refractivity contribution in [2.24, 2.45) is 0 Å². The molecule has 10 heavy (non-hydrogen) atoms. The highest BCUT2D eigenvalue weighted by atomic mass is 19.1. The van der Waals surface area contributed by atoms with E-state index in [2.05, 4.69) is 4.74 Å². The van der Waals surface area contributed by atoms with Crippen LogP contribution in [-0.4, -0.2) is 24.3 Å². The van der Waals surface area contributed by atoms with E-state index in [-0.39, 0.29) is 6.61 Å². The maximum absolute atomic E-state index is 12.2. The molecular formula is C6H9FO3. The van der Waals surface area contributed by atoms with E-state index in [4.69, 9.17) is 5.11 Å². The van der Waals surface area contributed by atoms with Crippen molar-refractivity contribution in [3.63, 3.8) is 0 Å². The second-order valence-corrected chi connectivity index (χ2v) is 1.46. The van der Waals surface area contributed by atoms with Crippen LogP contribution in [0.25, 0.3) is 0 Å². The SMILES string of the molecule is CCOC(=O)/C(F)=C/CO. The van der Waals surface area contributed by atoms with Crippen LogP contribution in [0.1, 0.15) is 6.92 Å². The second kappa shape index (κ2) is 4.93. The third-order valence-electron chi connectivity index (χ3n) is 0.741. The Morgan fingerprint density at radius 1 is 1.80 bits per heavy atom. The fourth-order valence-corrected chi connectivity index (χ4v) is 0.364. The van der Waals surface area contributed by atoms with Crippen LogP contribution < -0.4 is 0 Å². The molecule has 0 aliphatic carbocycles. The summed E-state index contributed by atoms with van der Waals surface area (Å²) in [4.78, 5) is 10.4. The van der Waals surface area contributed by atoms with Crippen LogP contribution in [0, 0.1) is 0 Å². The molecule has 0 fully saturated rings. The smallest absolute Gasteiger partial charge is 0.366 e. The van der Waals surface area contributed by atoms with Gasteiger partial charge in [-0.25, -0.2) is 4.79 Å². The number of aliphatic hydroxyl groups is 1. The van der Waals surface area contributed by atoms with Crippen molar-refractivity contribution >= 4 is 5.97 Å². The summed E-state index contributed by atoms with van der Waals surface area (Å²) in [6.45, 7) is 1.21. The number of hydrogen-bond acceptors (Lipinski definition) is 3. The second-order valence-electron chi connectivity index (χ2n) is 1.46. The van der Waals surface area contributed by atoms with Crippen molar-refractivity contribution in [3.05, 3.63) is 11.9 Å². The number of carbonyl (C=O) groups is 1. The molecule has 0 aromatic heterocycles. The van der Waals surface area contributed by atoms with Crippen LogP contribution in [0.4, 0.5) is 4.39 Å². The van der Waals surface area contributed by atoms with E-state index < -0.39 is 18.4 Å². The van der Waals surface area contributed by atoms with Gasteiger partial charge < -0.3 is 9.84 Å². The molecule has 0 spiro atoms. The predicted octanol–water partition coefficient (Wildman–Crippen LogP) is 0.395. The molecule has 4 heteroatoms. The van der Waals surface area contributed by atoms with Gasteiger partial charge in [0.2, 0.25) is 5.83 Å². The van der Waals surface area contributed by atoms with Crippen molar-refractivity contribution in [2.75, 3.05) is 13.2 Å². The van der Waals surface area contributed by atoms with Crippen LogP contribution in [-0.2, 0) is 9.53 Å². The molecule has 0 aliphatic rings. The largest absolute Gasteiger partial charge is 0.461 e. The Labute approximate surface area is 58.1 Å². The molecule has 0 radical (unpaired) electrons. The summed E-state index contributed by atoms with van der Waals surface area (Å²) < 4.78 is 16.5. The molecule has 0 amide bonds. The number of halogens is 1. The highest BCUT2D eigenvalue weighted by Crippen LogP contribution is 1.97.